The molecule has 1 saturated heterocycles. The molecule has 0 unspecified atom stereocenters. The maximum atomic E-state index is 12.7. The summed E-state index contributed by atoms with van der Waals surface area (Å²) in [6.07, 6.45) is -0.378. The number of hydrogen-bond acceptors (Lipinski definition) is 1. The van der Waals surface area contributed by atoms with Crippen molar-refractivity contribution >= 4 is 0 Å². The number of nitrogens with zero attached hydrogens (tertiary/aromatic N) is 1. The standard InChI is InChI=1S/C14H14F2N2/c1-17-12-11(8-18-14(12)5-6-14)9-3-2-4-10(7-9)13(15)16/h2-4,7,11-13,18H,5-6,8H2/t11-,12-/m0/s1. The van der Waals surface area contributed by atoms with Gasteiger partial charge in [0, 0.05) is 12.1 Å². The van der Waals surface area contributed by atoms with Gasteiger partial charge in [-0.15, -0.1) is 0 Å². The Kier molecular flexibility index (Phi) is 2.60. The fraction of sp³-hybridized carbons (Fsp3) is 0.500. The van der Waals surface area contributed by atoms with E-state index in [0.717, 1.165) is 24.9 Å². The average molecular weight is 248 g/mol. The van der Waals surface area contributed by atoms with E-state index >= 15 is 0 Å². The highest BCUT2D eigenvalue weighted by Crippen LogP contribution is 2.49. The van der Waals surface area contributed by atoms with Crippen LogP contribution in [0.5, 0.6) is 0 Å². The molecule has 3 rings (SSSR count). The number of halogens is 2. The van der Waals surface area contributed by atoms with Crippen LogP contribution < -0.4 is 5.32 Å². The van der Waals surface area contributed by atoms with Gasteiger partial charge in [-0.25, -0.2) is 15.4 Å². The monoisotopic (exact) mass is 248 g/mol. The third-order valence-electron chi connectivity index (χ3n) is 4.14. The Balaban J connectivity index is 1.91. The lowest BCUT2D eigenvalue weighted by molar-refractivity contribution is 0.151. The summed E-state index contributed by atoms with van der Waals surface area (Å²) in [6, 6.07) is 6.41. The molecule has 1 heterocycles. The van der Waals surface area contributed by atoms with Crippen molar-refractivity contribution in [3.05, 3.63) is 46.8 Å². The van der Waals surface area contributed by atoms with E-state index in [1.807, 2.05) is 6.07 Å². The first-order valence-electron chi connectivity index (χ1n) is 6.16. The van der Waals surface area contributed by atoms with Gasteiger partial charge in [-0.3, -0.25) is 0 Å². The summed E-state index contributed by atoms with van der Waals surface area (Å²) in [5.41, 5.74) is 0.894. The average Bonchev–Trinajstić information content (AvgIpc) is 3.04. The van der Waals surface area contributed by atoms with Crippen molar-refractivity contribution in [1.29, 1.82) is 0 Å². The highest BCUT2D eigenvalue weighted by atomic mass is 19.3. The quantitative estimate of drug-likeness (QED) is 0.795. The second-order valence-electron chi connectivity index (χ2n) is 5.19. The maximum Gasteiger partial charge on any atom is 0.263 e. The fourth-order valence-corrected chi connectivity index (χ4v) is 2.96. The van der Waals surface area contributed by atoms with Crippen molar-refractivity contribution in [1.82, 2.24) is 5.32 Å². The van der Waals surface area contributed by atoms with E-state index in [2.05, 4.69) is 10.2 Å². The Morgan fingerprint density at radius 3 is 2.78 bits per heavy atom. The van der Waals surface area contributed by atoms with E-state index < -0.39 is 6.43 Å². The largest absolute Gasteiger partial charge is 0.311 e. The van der Waals surface area contributed by atoms with Gasteiger partial charge in [0.15, 0.2) is 0 Å². The minimum absolute atomic E-state index is 0.0206. The Morgan fingerprint density at radius 2 is 2.17 bits per heavy atom. The summed E-state index contributed by atoms with van der Waals surface area (Å²) in [5.74, 6) is 0.0451. The first-order chi connectivity index (χ1) is 8.66. The molecule has 2 atom stereocenters. The Hall–Kier alpha value is -1.47. The third kappa shape index (κ3) is 1.70. The maximum absolute atomic E-state index is 12.7. The van der Waals surface area contributed by atoms with Crippen LogP contribution in [0.1, 0.15) is 36.3 Å². The van der Waals surface area contributed by atoms with E-state index in [9.17, 15) is 8.78 Å². The topological polar surface area (TPSA) is 16.4 Å². The zero-order valence-corrected chi connectivity index (χ0v) is 9.87. The van der Waals surface area contributed by atoms with Crippen LogP contribution >= 0.6 is 0 Å². The van der Waals surface area contributed by atoms with E-state index in [0.29, 0.717) is 0 Å². The molecule has 94 valence electrons. The van der Waals surface area contributed by atoms with Gasteiger partial charge >= 0.3 is 0 Å². The smallest absolute Gasteiger partial charge is 0.263 e. The molecule has 18 heavy (non-hydrogen) atoms. The molecule has 1 aromatic carbocycles. The molecule has 1 aromatic rings. The van der Waals surface area contributed by atoms with Crippen LogP contribution in [-0.4, -0.2) is 18.1 Å². The van der Waals surface area contributed by atoms with Crippen LogP contribution in [0.2, 0.25) is 0 Å². The van der Waals surface area contributed by atoms with E-state index in [1.165, 1.54) is 6.07 Å². The molecule has 2 fully saturated rings. The third-order valence-corrected chi connectivity index (χ3v) is 4.14. The molecule has 1 N–H and O–H groups in total. The molecule has 1 saturated carbocycles. The van der Waals surface area contributed by atoms with Crippen molar-refractivity contribution < 1.29 is 8.78 Å². The van der Waals surface area contributed by atoms with Crippen LogP contribution in [0.15, 0.2) is 24.3 Å². The van der Waals surface area contributed by atoms with Gasteiger partial charge < -0.3 is 10.2 Å². The summed E-state index contributed by atoms with van der Waals surface area (Å²) in [7, 11) is 0. The molecule has 1 spiro atoms. The molecule has 2 aliphatic rings. The predicted octanol–water partition coefficient (Wildman–Crippen LogP) is 3.13. The molecule has 1 aliphatic heterocycles. The zero-order valence-electron chi connectivity index (χ0n) is 9.87. The predicted molar refractivity (Wildman–Crippen MR) is 64.5 cm³/mol. The second kappa shape index (κ2) is 4.03. The Labute approximate surface area is 105 Å². The van der Waals surface area contributed by atoms with Crippen LogP contribution in [-0.2, 0) is 0 Å². The van der Waals surface area contributed by atoms with Crippen molar-refractivity contribution in [2.45, 2.75) is 36.8 Å². The number of hydrogen-bond donors (Lipinski definition) is 1. The highest BCUT2D eigenvalue weighted by molar-refractivity contribution is 5.35. The van der Waals surface area contributed by atoms with E-state index in [4.69, 9.17) is 6.57 Å². The lowest BCUT2D eigenvalue weighted by atomic mass is 9.90. The lowest BCUT2D eigenvalue weighted by Gasteiger charge is -2.13. The van der Waals surface area contributed by atoms with Gasteiger partial charge in [0.05, 0.1) is 11.5 Å². The SMILES string of the molecule is [C-]#[N+][C@H]1[C@H](c2cccc(C(F)F)c2)CNC12CC2. The summed E-state index contributed by atoms with van der Waals surface area (Å²) in [5, 5.41) is 3.40. The molecule has 1 aliphatic carbocycles. The first-order valence-corrected chi connectivity index (χ1v) is 6.16. The summed E-state index contributed by atoms with van der Waals surface area (Å²) in [4.78, 5) is 3.74. The molecular weight excluding hydrogens is 234 g/mol. The first kappa shape index (κ1) is 11.6. The minimum atomic E-state index is -2.44. The highest BCUT2D eigenvalue weighted by Gasteiger charge is 2.61. The van der Waals surface area contributed by atoms with Crippen LogP contribution in [0.3, 0.4) is 0 Å². The number of nitrogens with one attached hydrogen (secondary N) is 1. The summed E-state index contributed by atoms with van der Waals surface area (Å²) >= 11 is 0. The van der Waals surface area contributed by atoms with E-state index in [1.54, 1.807) is 12.1 Å². The van der Waals surface area contributed by atoms with Gasteiger partial charge in [0.1, 0.15) is 0 Å². The second-order valence-corrected chi connectivity index (χ2v) is 5.19. The number of rotatable bonds is 2. The van der Waals surface area contributed by atoms with Crippen molar-refractivity contribution in [3.63, 3.8) is 0 Å². The fourth-order valence-electron chi connectivity index (χ4n) is 2.96. The Bertz CT molecular complexity index is 503. The molecule has 0 aromatic heterocycles. The van der Waals surface area contributed by atoms with Gasteiger partial charge in [0.25, 0.3) is 6.43 Å². The molecule has 4 heteroatoms. The molecule has 2 nitrogen and oxygen atoms in total. The molecule has 0 bridgehead atoms. The number of alkyl halides is 2. The Morgan fingerprint density at radius 1 is 1.39 bits per heavy atom. The molecule has 0 amide bonds. The van der Waals surface area contributed by atoms with Crippen molar-refractivity contribution in [2.24, 2.45) is 0 Å². The van der Waals surface area contributed by atoms with Crippen molar-refractivity contribution in [3.8, 4) is 0 Å². The van der Waals surface area contributed by atoms with Gasteiger partial charge in [-0.2, -0.15) is 0 Å². The van der Waals surface area contributed by atoms with Gasteiger partial charge in [-0.05, 0) is 24.5 Å². The summed E-state index contributed by atoms with van der Waals surface area (Å²) in [6.45, 7) is 8.07. The minimum Gasteiger partial charge on any atom is -0.311 e. The zero-order chi connectivity index (χ0) is 12.8. The van der Waals surface area contributed by atoms with Gasteiger partial charge in [0.2, 0.25) is 6.04 Å². The van der Waals surface area contributed by atoms with Crippen LogP contribution in [0.25, 0.3) is 4.85 Å². The number of benzene rings is 1. The van der Waals surface area contributed by atoms with Crippen LogP contribution in [0, 0.1) is 6.57 Å². The summed E-state index contributed by atoms with van der Waals surface area (Å²) < 4.78 is 25.4. The van der Waals surface area contributed by atoms with Gasteiger partial charge in [-0.1, -0.05) is 18.2 Å². The normalized spacial score (nSPS) is 28.6. The van der Waals surface area contributed by atoms with E-state index in [-0.39, 0.29) is 23.1 Å². The van der Waals surface area contributed by atoms with Crippen molar-refractivity contribution in [2.75, 3.05) is 6.54 Å². The molecule has 0 radical (unpaired) electrons. The van der Waals surface area contributed by atoms with Crippen LogP contribution in [0.4, 0.5) is 8.78 Å². The molecular formula is C14H14F2N2. The lowest BCUT2D eigenvalue weighted by Crippen LogP contribution is -2.31.